The van der Waals surface area contributed by atoms with Crippen LogP contribution in [0.2, 0.25) is 0 Å². The molecule has 2 rings (SSSR count). The van der Waals surface area contributed by atoms with E-state index < -0.39 is 0 Å². The highest BCUT2D eigenvalue weighted by Crippen LogP contribution is 2.28. The van der Waals surface area contributed by atoms with Gasteiger partial charge in [-0.15, -0.1) is 0 Å². The maximum absolute atomic E-state index is 11.8. The summed E-state index contributed by atoms with van der Waals surface area (Å²) in [6.45, 7) is 0. The summed E-state index contributed by atoms with van der Waals surface area (Å²) in [5, 5.41) is 14.4. The first-order valence-corrected chi connectivity index (χ1v) is 7.07. The number of carbonyl (C=O) groups is 1. The summed E-state index contributed by atoms with van der Waals surface area (Å²) in [5.41, 5.74) is 6.83. The van der Waals surface area contributed by atoms with Gasteiger partial charge in [-0.25, -0.2) is 0 Å². The van der Waals surface area contributed by atoms with Gasteiger partial charge in [-0.1, -0.05) is 30.8 Å². The summed E-state index contributed by atoms with van der Waals surface area (Å²) < 4.78 is 0. The summed E-state index contributed by atoms with van der Waals surface area (Å²) in [6.07, 6.45) is 6.70. The molecule has 0 heterocycles. The Morgan fingerprint density at radius 3 is 2.55 bits per heavy atom. The van der Waals surface area contributed by atoms with Gasteiger partial charge in [0, 0.05) is 17.7 Å². The minimum Gasteiger partial charge on any atom is -0.409 e. The van der Waals surface area contributed by atoms with Gasteiger partial charge in [-0.05, 0) is 36.6 Å². The lowest BCUT2D eigenvalue weighted by Gasteiger charge is -2.09. The Labute approximate surface area is 118 Å². The third-order valence-corrected chi connectivity index (χ3v) is 3.83. The van der Waals surface area contributed by atoms with Crippen LogP contribution in [0, 0.1) is 5.92 Å². The van der Waals surface area contributed by atoms with Crippen LogP contribution in [0.5, 0.6) is 0 Å². The topological polar surface area (TPSA) is 87.7 Å². The molecule has 108 valence electrons. The Hall–Kier alpha value is -2.04. The maximum Gasteiger partial charge on any atom is 0.224 e. The molecule has 4 N–H and O–H groups in total. The minimum absolute atomic E-state index is 0.0495. The fourth-order valence-electron chi connectivity index (χ4n) is 2.64. The highest BCUT2D eigenvalue weighted by Gasteiger charge is 2.16. The highest BCUT2D eigenvalue weighted by atomic mass is 16.4. The normalized spacial score (nSPS) is 16.3. The summed E-state index contributed by atoms with van der Waals surface area (Å²) in [7, 11) is 0. The van der Waals surface area contributed by atoms with Crippen LogP contribution < -0.4 is 11.1 Å². The molecule has 1 aromatic rings. The van der Waals surface area contributed by atoms with Gasteiger partial charge < -0.3 is 16.3 Å². The molecule has 1 aromatic carbocycles. The summed E-state index contributed by atoms with van der Waals surface area (Å²) in [5.74, 6) is 0.834. The first kappa shape index (κ1) is 14.4. The third kappa shape index (κ3) is 3.98. The zero-order chi connectivity index (χ0) is 14.4. The van der Waals surface area contributed by atoms with E-state index in [9.17, 15) is 4.79 Å². The predicted octanol–water partition coefficient (Wildman–Crippen LogP) is 2.69. The van der Waals surface area contributed by atoms with Crippen molar-refractivity contribution in [1.29, 1.82) is 0 Å². The molecule has 1 aliphatic carbocycles. The summed E-state index contributed by atoms with van der Waals surface area (Å²) >= 11 is 0. The zero-order valence-corrected chi connectivity index (χ0v) is 11.5. The lowest BCUT2D eigenvalue weighted by molar-refractivity contribution is -0.116. The van der Waals surface area contributed by atoms with Crippen LogP contribution >= 0.6 is 0 Å². The van der Waals surface area contributed by atoms with Crippen molar-refractivity contribution in [3.63, 3.8) is 0 Å². The molecular weight excluding hydrogens is 254 g/mol. The second kappa shape index (κ2) is 6.93. The van der Waals surface area contributed by atoms with Crippen LogP contribution in [0.1, 0.15) is 44.1 Å². The average molecular weight is 275 g/mol. The molecule has 0 bridgehead atoms. The molecule has 1 saturated carbocycles. The van der Waals surface area contributed by atoms with Crippen molar-refractivity contribution in [2.75, 3.05) is 5.32 Å². The number of rotatable bonds is 5. The van der Waals surface area contributed by atoms with Crippen LogP contribution in [0.3, 0.4) is 0 Å². The maximum atomic E-state index is 11.8. The molecule has 1 fully saturated rings. The van der Waals surface area contributed by atoms with E-state index in [1.165, 1.54) is 25.7 Å². The Balaban J connectivity index is 1.81. The van der Waals surface area contributed by atoms with E-state index >= 15 is 0 Å². The second-order valence-electron chi connectivity index (χ2n) is 5.30. The van der Waals surface area contributed by atoms with Crippen molar-refractivity contribution in [1.82, 2.24) is 0 Å². The van der Waals surface area contributed by atoms with Crippen LogP contribution in [0.25, 0.3) is 0 Å². The van der Waals surface area contributed by atoms with Gasteiger partial charge >= 0.3 is 0 Å². The van der Waals surface area contributed by atoms with Gasteiger partial charge in [0.05, 0.1) is 0 Å². The van der Waals surface area contributed by atoms with Crippen LogP contribution in [0.15, 0.2) is 29.4 Å². The number of hydrogen-bond donors (Lipinski definition) is 3. The number of nitrogens with two attached hydrogens (primary N) is 1. The average Bonchev–Trinajstić information content (AvgIpc) is 2.98. The van der Waals surface area contributed by atoms with E-state index in [0.717, 1.165) is 18.0 Å². The quantitative estimate of drug-likeness (QED) is 0.334. The van der Waals surface area contributed by atoms with E-state index in [0.29, 0.717) is 12.0 Å². The van der Waals surface area contributed by atoms with E-state index in [2.05, 4.69) is 10.5 Å². The van der Waals surface area contributed by atoms with Crippen molar-refractivity contribution in [3.05, 3.63) is 29.8 Å². The van der Waals surface area contributed by atoms with Crippen molar-refractivity contribution in [3.8, 4) is 0 Å². The number of benzene rings is 1. The number of amidine groups is 1. The molecule has 1 aliphatic rings. The molecule has 20 heavy (non-hydrogen) atoms. The van der Waals surface area contributed by atoms with Crippen LogP contribution in [-0.4, -0.2) is 17.0 Å². The van der Waals surface area contributed by atoms with Crippen molar-refractivity contribution in [2.24, 2.45) is 16.8 Å². The fraction of sp³-hybridized carbons (Fsp3) is 0.467. The predicted molar refractivity (Wildman–Crippen MR) is 78.8 cm³/mol. The Morgan fingerprint density at radius 2 is 1.95 bits per heavy atom. The van der Waals surface area contributed by atoms with E-state index in [-0.39, 0.29) is 11.7 Å². The molecule has 0 aromatic heterocycles. The number of nitrogens with zero attached hydrogens (tertiary/aromatic N) is 1. The molecule has 5 nitrogen and oxygen atoms in total. The van der Waals surface area contributed by atoms with E-state index in [4.69, 9.17) is 10.9 Å². The lowest BCUT2D eigenvalue weighted by atomic mass is 10.0. The van der Waals surface area contributed by atoms with Gasteiger partial charge in [-0.2, -0.15) is 0 Å². The fourth-order valence-corrected chi connectivity index (χ4v) is 2.64. The first-order chi connectivity index (χ1) is 9.69. The Bertz CT molecular complexity index is 476. The molecule has 0 radical (unpaired) electrons. The number of oxime groups is 1. The van der Waals surface area contributed by atoms with Gasteiger partial charge in [0.2, 0.25) is 5.91 Å². The zero-order valence-electron chi connectivity index (χ0n) is 11.5. The first-order valence-electron chi connectivity index (χ1n) is 7.07. The SMILES string of the molecule is N/C(=N/O)c1ccc(NC(=O)CCC2CCCC2)cc1. The Morgan fingerprint density at radius 1 is 1.30 bits per heavy atom. The highest BCUT2D eigenvalue weighted by molar-refractivity contribution is 5.98. The summed E-state index contributed by atoms with van der Waals surface area (Å²) in [4.78, 5) is 11.8. The van der Waals surface area contributed by atoms with Crippen molar-refractivity contribution < 1.29 is 10.0 Å². The molecule has 0 spiro atoms. The molecule has 1 amide bonds. The van der Waals surface area contributed by atoms with Gasteiger partial charge in [0.25, 0.3) is 0 Å². The molecule has 0 atom stereocenters. The van der Waals surface area contributed by atoms with Gasteiger partial charge in [0.15, 0.2) is 5.84 Å². The number of amides is 1. The lowest BCUT2D eigenvalue weighted by Crippen LogP contribution is -2.14. The number of nitrogens with one attached hydrogen (secondary N) is 1. The minimum atomic E-state index is 0.0495. The smallest absolute Gasteiger partial charge is 0.224 e. The standard InChI is InChI=1S/C15H21N3O2/c16-15(18-20)12-6-8-13(9-7-12)17-14(19)10-5-11-3-1-2-4-11/h6-9,11,20H,1-5,10H2,(H2,16,18)(H,17,19). The van der Waals surface area contributed by atoms with Gasteiger partial charge in [0.1, 0.15) is 0 Å². The van der Waals surface area contributed by atoms with Crippen LogP contribution in [0.4, 0.5) is 5.69 Å². The monoisotopic (exact) mass is 275 g/mol. The van der Waals surface area contributed by atoms with Crippen molar-refractivity contribution in [2.45, 2.75) is 38.5 Å². The van der Waals surface area contributed by atoms with Gasteiger partial charge in [-0.3, -0.25) is 4.79 Å². The number of hydrogen-bond acceptors (Lipinski definition) is 3. The molecule has 5 heteroatoms. The molecule has 0 saturated heterocycles. The largest absolute Gasteiger partial charge is 0.409 e. The van der Waals surface area contributed by atoms with E-state index in [1.54, 1.807) is 24.3 Å². The van der Waals surface area contributed by atoms with E-state index in [1.807, 2.05) is 0 Å². The number of anilines is 1. The second-order valence-corrected chi connectivity index (χ2v) is 5.30. The molecule has 0 unspecified atom stereocenters. The molecular formula is C15H21N3O2. The third-order valence-electron chi connectivity index (χ3n) is 3.83. The van der Waals surface area contributed by atoms with Crippen molar-refractivity contribution >= 4 is 17.4 Å². The summed E-state index contributed by atoms with van der Waals surface area (Å²) in [6, 6.07) is 6.92. The Kier molecular flexibility index (Phi) is 4.98. The number of carbonyl (C=O) groups excluding carboxylic acids is 1. The van der Waals surface area contributed by atoms with Crippen LogP contribution in [-0.2, 0) is 4.79 Å². The molecule has 0 aliphatic heterocycles.